The second kappa shape index (κ2) is 6.93. The molecule has 3 rings (SSSR count). The lowest BCUT2D eigenvalue weighted by atomic mass is 9.77. The number of aromatic nitrogens is 1. The maximum Gasteiger partial charge on any atom is 0.498 e. The molecule has 27 heavy (non-hydrogen) atoms. The van der Waals surface area contributed by atoms with E-state index in [4.69, 9.17) is 14.0 Å². The molecule has 1 aromatic heterocycles. The molecule has 8 heteroatoms. The molecule has 1 fully saturated rings. The first-order chi connectivity index (χ1) is 12.5. The van der Waals surface area contributed by atoms with Crippen molar-refractivity contribution in [3.05, 3.63) is 48.3 Å². The minimum absolute atomic E-state index is 0.0628. The molecule has 0 amide bonds. The van der Waals surface area contributed by atoms with Crippen molar-refractivity contribution in [2.75, 3.05) is 6.26 Å². The van der Waals surface area contributed by atoms with Crippen LogP contribution in [-0.2, 0) is 24.9 Å². The quantitative estimate of drug-likeness (QED) is 0.732. The van der Waals surface area contributed by atoms with Crippen molar-refractivity contribution in [3.63, 3.8) is 0 Å². The molecule has 1 aliphatic heterocycles. The van der Waals surface area contributed by atoms with Crippen LogP contribution in [0.4, 0.5) is 0 Å². The predicted octanol–water partition coefficient (Wildman–Crippen LogP) is 2.72. The largest absolute Gasteiger partial charge is 0.498 e. The van der Waals surface area contributed by atoms with Gasteiger partial charge in [0.15, 0.2) is 9.84 Å². The molecule has 0 saturated carbocycles. The van der Waals surface area contributed by atoms with E-state index in [0.717, 1.165) is 0 Å². The van der Waals surface area contributed by atoms with Gasteiger partial charge >= 0.3 is 7.12 Å². The van der Waals surface area contributed by atoms with Crippen LogP contribution in [0, 0.1) is 0 Å². The van der Waals surface area contributed by atoms with Gasteiger partial charge in [-0.15, -0.1) is 0 Å². The van der Waals surface area contributed by atoms with Crippen LogP contribution in [-0.4, -0.2) is 38.0 Å². The van der Waals surface area contributed by atoms with Crippen LogP contribution in [0.1, 0.15) is 33.3 Å². The Bertz CT molecular complexity index is 912. The van der Waals surface area contributed by atoms with Gasteiger partial charge in [0.2, 0.25) is 0 Å². The summed E-state index contributed by atoms with van der Waals surface area (Å²) in [5.74, 6) is 1.05. The molecule has 0 unspecified atom stereocenters. The third kappa shape index (κ3) is 4.51. The molecule has 0 aliphatic carbocycles. The zero-order chi connectivity index (χ0) is 19.9. The minimum atomic E-state index is -3.17. The summed E-state index contributed by atoms with van der Waals surface area (Å²) in [5.41, 5.74) is 0.269. The first-order valence-electron chi connectivity index (χ1n) is 8.71. The van der Waals surface area contributed by atoms with Gasteiger partial charge in [0.1, 0.15) is 11.5 Å². The number of hydrogen-bond donors (Lipinski definition) is 0. The number of nitrogens with zero attached hydrogens (tertiary/aromatic N) is 1. The Morgan fingerprint density at radius 1 is 1.11 bits per heavy atom. The number of sulfone groups is 1. The van der Waals surface area contributed by atoms with Crippen molar-refractivity contribution in [3.8, 4) is 11.5 Å². The Hall–Kier alpha value is -1.90. The van der Waals surface area contributed by atoms with Crippen molar-refractivity contribution in [1.82, 2.24) is 4.98 Å². The van der Waals surface area contributed by atoms with Gasteiger partial charge in [-0.1, -0.05) is 12.1 Å². The smallest absolute Gasteiger partial charge is 0.456 e. The minimum Gasteiger partial charge on any atom is -0.456 e. The fourth-order valence-electron chi connectivity index (χ4n) is 2.77. The summed E-state index contributed by atoms with van der Waals surface area (Å²) in [4.78, 5) is 4.05. The van der Waals surface area contributed by atoms with Gasteiger partial charge in [-0.2, -0.15) is 0 Å². The molecule has 0 atom stereocenters. The highest BCUT2D eigenvalue weighted by atomic mass is 32.2. The van der Waals surface area contributed by atoms with Gasteiger partial charge in [-0.3, -0.25) is 4.98 Å². The summed E-state index contributed by atoms with van der Waals surface area (Å²) in [6.07, 6.45) is 4.48. The fourth-order valence-corrected chi connectivity index (χ4v) is 3.56. The number of pyridine rings is 1. The van der Waals surface area contributed by atoms with Crippen LogP contribution in [0.5, 0.6) is 11.5 Å². The van der Waals surface area contributed by atoms with Gasteiger partial charge < -0.3 is 14.0 Å². The lowest BCUT2D eigenvalue weighted by Crippen LogP contribution is -2.41. The van der Waals surface area contributed by atoms with E-state index >= 15 is 0 Å². The third-order valence-corrected chi connectivity index (χ3v) is 5.73. The van der Waals surface area contributed by atoms with Gasteiger partial charge in [0.25, 0.3) is 0 Å². The van der Waals surface area contributed by atoms with E-state index in [1.807, 2.05) is 27.7 Å². The Morgan fingerprint density at radius 2 is 1.78 bits per heavy atom. The summed E-state index contributed by atoms with van der Waals surface area (Å²) in [6, 6.07) is 8.83. The van der Waals surface area contributed by atoms with E-state index in [1.165, 1.54) is 6.26 Å². The molecule has 0 spiro atoms. The molecular weight excluding hydrogens is 365 g/mol. The van der Waals surface area contributed by atoms with Crippen LogP contribution < -0.4 is 10.2 Å². The van der Waals surface area contributed by atoms with Gasteiger partial charge in [-0.25, -0.2) is 8.42 Å². The molecule has 2 heterocycles. The predicted molar refractivity (Wildman–Crippen MR) is 105 cm³/mol. The Morgan fingerprint density at radius 3 is 2.33 bits per heavy atom. The number of hydrogen-bond acceptors (Lipinski definition) is 6. The summed E-state index contributed by atoms with van der Waals surface area (Å²) >= 11 is 0. The molecular formula is C19H24BNO5S. The molecule has 0 radical (unpaired) electrons. The standard InChI is InChI=1S/C19H24BNO5S/c1-18(2)19(3,4)26-20(25-18)16-11-14(13-27(5,22)23)8-9-17(16)24-15-7-6-10-21-12-15/h6-12H,13H2,1-5H3. The van der Waals surface area contributed by atoms with Gasteiger partial charge in [0, 0.05) is 17.9 Å². The Kier molecular flexibility index (Phi) is 5.09. The zero-order valence-corrected chi connectivity index (χ0v) is 17.0. The summed E-state index contributed by atoms with van der Waals surface area (Å²) in [5, 5.41) is 0. The Balaban J connectivity index is 2.01. The number of rotatable bonds is 5. The average molecular weight is 389 g/mol. The van der Waals surface area contributed by atoms with E-state index in [2.05, 4.69) is 4.98 Å². The number of ether oxygens (including phenoxy) is 1. The van der Waals surface area contributed by atoms with Crippen LogP contribution >= 0.6 is 0 Å². The summed E-state index contributed by atoms with van der Waals surface area (Å²) in [6.45, 7) is 7.87. The highest BCUT2D eigenvalue weighted by molar-refractivity contribution is 7.89. The van der Waals surface area contributed by atoms with Crippen molar-refractivity contribution in [2.24, 2.45) is 0 Å². The lowest BCUT2D eigenvalue weighted by Gasteiger charge is -2.32. The van der Waals surface area contributed by atoms with Crippen LogP contribution in [0.2, 0.25) is 0 Å². The maximum absolute atomic E-state index is 11.7. The van der Waals surface area contributed by atoms with Gasteiger partial charge in [0.05, 0.1) is 23.2 Å². The van der Waals surface area contributed by atoms with Crippen LogP contribution in [0.25, 0.3) is 0 Å². The van der Waals surface area contributed by atoms with Crippen LogP contribution in [0.3, 0.4) is 0 Å². The van der Waals surface area contributed by atoms with Crippen LogP contribution in [0.15, 0.2) is 42.7 Å². The molecule has 1 aliphatic rings. The molecule has 0 N–H and O–H groups in total. The fraction of sp³-hybridized carbons (Fsp3) is 0.421. The van der Waals surface area contributed by atoms with E-state index in [0.29, 0.717) is 22.5 Å². The molecule has 0 bridgehead atoms. The SMILES string of the molecule is CC1(C)OB(c2cc(CS(C)(=O)=O)ccc2Oc2cccnc2)OC1(C)C. The highest BCUT2D eigenvalue weighted by Gasteiger charge is 2.52. The average Bonchev–Trinajstić information content (AvgIpc) is 2.76. The molecule has 144 valence electrons. The second-order valence-corrected chi connectivity index (χ2v) is 9.96. The topological polar surface area (TPSA) is 74.7 Å². The maximum atomic E-state index is 11.7. The summed E-state index contributed by atoms with van der Waals surface area (Å²) < 4.78 is 41.7. The Labute approximate surface area is 160 Å². The lowest BCUT2D eigenvalue weighted by molar-refractivity contribution is 0.00578. The van der Waals surface area contributed by atoms with Crippen molar-refractivity contribution >= 4 is 22.4 Å². The first kappa shape index (κ1) is 19.9. The highest BCUT2D eigenvalue weighted by Crippen LogP contribution is 2.37. The first-order valence-corrected chi connectivity index (χ1v) is 10.8. The normalized spacial score (nSPS) is 18.5. The summed E-state index contributed by atoms with van der Waals surface area (Å²) in [7, 11) is -3.83. The van der Waals surface area contributed by atoms with E-state index in [9.17, 15) is 8.42 Å². The van der Waals surface area contributed by atoms with Crippen molar-refractivity contribution in [2.45, 2.75) is 44.6 Å². The van der Waals surface area contributed by atoms with E-state index in [-0.39, 0.29) is 5.75 Å². The number of benzene rings is 1. The van der Waals surface area contributed by atoms with Gasteiger partial charge in [-0.05, 0) is 51.5 Å². The third-order valence-electron chi connectivity index (χ3n) is 4.87. The van der Waals surface area contributed by atoms with Crippen molar-refractivity contribution < 1.29 is 22.5 Å². The molecule has 1 aromatic carbocycles. The molecule has 1 saturated heterocycles. The van der Waals surface area contributed by atoms with Crippen molar-refractivity contribution in [1.29, 1.82) is 0 Å². The molecule has 6 nitrogen and oxygen atoms in total. The van der Waals surface area contributed by atoms with E-state index in [1.54, 1.807) is 42.7 Å². The molecule has 2 aromatic rings. The van der Waals surface area contributed by atoms with E-state index < -0.39 is 28.2 Å². The zero-order valence-electron chi connectivity index (χ0n) is 16.2. The second-order valence-electron chi connectivity index (χ2n) is 7.82. The monoisotopic (exact) mass is 389 g/mol.